The minimum atomic E-state index is 0.743. The summed E-state index contributed by atoms with van der Waals surface area (Å²) in [5.74, 6) is 0.743. The van der Waals surface area contributed by atoms with Gasteiger partial charge < -0.3 is 0 Å². The van der Waals surface area contributed by atoms with E-state index in [1.165, 1.54) is 17.7 Å². The van der Waals surface area contributed by atoms with Gasteiger partial charge >= 0.3 is 0 Å². The third kappa shape index (κ3) is 1.57. The average Bonchev–Trinajstić information content (AvgIpc) is 2.43. The summed E-state index contributed by atoms with van der Waals surface area (Å²) in [4.78, 5) is 1.44. The first kappa shape index (κ1) is 7.73. The zero-order valence-corrected chi connectivity index (χ0v) is 7.32. The second kappa shape index (κ2) is 3.71. The highest BCUT2D eigenvalue weighted by Gasteiger charge is 2.06. The van der Waals surface area contributed by atoms with Crippen LogP contribution in [0.5, 0.6) is 0 Å². The van der Waals surface area contributed by atoms with E-state index >= 15 is 0 Å². The fourth-order valence-corrected chi connectivity index (χ4v) is 1.97. The molecule has 0 aliphatic carbocycles. The maximum absolute atomic E-state index is 4.08. The SMILES string of the molecule is CCC(CC)c1ccns1. The van der Waals surface area contributed by atoms with Crippen molar-refractivity contribution in [2.24, 2.45) is 0 Å². The van der Waals surface area contributed by atoms with Crippen molar-refractivity contribution in [1.82, 2.24) is 4.37 Å². The standard InChI is InChI=1S/C8H13NS/c1-3-7(4-2)8-5-6-9-10-8/h5-7H,3-4H2,1-2H3. The third-order valence-corrected chi connectivity index (χ3v) is 2.75. The fraction of sp³-hybridized carbons (Fsp3) is 0.625. The van der Waals surface area contributed by atoms with Gasteiger partial charge in [-0.25, -0.2) is 4.37 Å². The molecule has 0 atom stereocenters. The number of nitrogens with zero attached hydrogens (tertiary/aromatic N) is 1. The van der Waals surface area contributed by atoms with Crippen molar-refractivity contribution in [2.75, 3.05) is 0 Å². The van der Waals surface area contributed by atoms with Crippen molar-refractivity contribution in [2.45, 2.75) is 32.6 Å². The normalized spacial score (nSPS) is 10.7. The largest absolute Gasteiger partial charge is 0.201 e. The smallest absolute Gasteiger partial charge is 0.0409 e. The molecule has 0 saturated carbocycles. The topological polar surface area (TPSA) is 12.9 Å². The Labute approximate surface area is 66.3 Å². The zero-order valence-electron chi connectivity index (χ0n) is 6.50. The highest BCUT2D eigenvalue weighted by Crippen LogP contribution is 2.24. The van der Waals surface area contributed by atoms with Crippen LogP contribution in [0, 0.1) is 0 Å². The van der Waals surface area contributed by atoms with E-state index in [0.717, 1.165) is 5.92 Å². The Morgan fingerprint density at radius 3 is 2.60 bits per heavy atom. The predicted octanol–water partition coefficient (Wildman–Crippen LogP) is 3.05. The van der Waals surface area contributed by atoms with Crippen LogP contribution in [0.3, 0.4) is 0 Å². The first-order valence-corrected chi connectivity index (χ1v) is 4.56. The molecule has 0 aromatic carbocycles. The molecule has 0 fully saturated rings. The van der Waals surface area contributed by atoms with Gasteiger partial charge in [0.25, 0.3) is 0 Å². The van der Waals surface area contributed by atoms with E-state index in [-0.39, 0.29) is 0 Å². The van der Waals surface area contributed by atoms with Crippen molar-refractivity contribution in [3.8, 4) is 0 Å². The molecule has 56 valence electrons. The number of hydrogen-bond acceptors (Lipinski definition) is 2. The van der Waals surface area contributed by atoms with Gasteiger partial charge in [-0.15, -0.1) is 0 Å². The molecule has 1 aromatic heterocycles. The van der Waals surface area contributed by atoms with Gasteiger partial charge in [0.15, 0.2) is 0 Å². The minimum Gasteiger partial charge on any atom is -0.201 e. The summed E-state index contributed by atoms with van der Waals surface area (Å²) in [6, 6.07) is 2.13. The molecule has 0 radical (unpaired) electrons. The van der Waals surface area contributed by atoms with E-state index in [1.54, 1.807) is 11.5 Å². The van der Waals surface area contributed by atoms with E-state index in [4.69, 9.17) is 0 Å². The van der Waals surface area contributed by atoms with Crippen LogP contribution in [0.1, 0.15) is 37.5 Å². The van der Waals surface area contributed by atoms with Crippen LogP contribution in [0.25, 0.3) is 0 Å². The molecule has 0 N–H and O–H groups in total. The Bertz CT molecular complexity index is 165. The summed E-state index contributed by atoms with van der Waals surface area (Å²) in [6.07, 6.45) is 4.36. The summed E-state index contributed by atoms with van der Waals surface area (Å²) in [7, 11) is 0. The Kier molecular flexibility index (Phi) is 2.87. The van der Waals surface area contributed by atoms with Gasteiger partial charge in [-0.3, -0.25) is 0 Å². The molecule has 0 saturated heterocycles. The lowest BCUT2D eigenvalue weighted by atomic mass is 10.0. The third-order valence-electron chi connectivity index (χ3n) is 1.85. The second-order valence-electron chi connectivity index (χ2n) is 2.43. The summed E-state index contributed by atoms with van der Waals surface area (Å²) < 4.78 is 4.08. The van der Waals surface area contributed by atoms with E-state index < -0.39 is 0 Å². The summed E-state index contributed by atoms with van der Waals surface area (Å²) in [5, 5.41) is 0. The monoisotopic (exact) mass is 155 g/mol. The van der Waals surface area contributed by atoms with Crippen LogP contribution < -0.4 is 0 Å². The molecule has 0 aliphatic heterocycles. The minimum absolute atomic E-state index is 0.743. The first-order chi connectivity index (χ1) is 4.88. The Morgan fingerprint density at radius 1 is 1.50 bits per heavy atom. The van der Waals surface area contributed by atoms with E-state index in [1.807, 2.05) is 6.20 Å². The predicted molar refractivity (Wildman–Crippen MR) is 45.4 cm³/mol. The van der Waals surface area contributed by atoms with Crippen LogP contribution in [0.2, 0.25) is 0 Å². The van der Waals surface area contributed by atoms with Crippen molar-refractivity contribution in [1.29, 1.82) is 0 Å². The van der Waals surface area contributed by atoms with Gasteiger partial charge in [-0.05, 0) is 36.4 Å². The quantitative estimate of drug-likeness (QED) is 0.653. The van der Waals surface area contributed by atoms with Crippen molar-refractivity contribution in [3.63, 3.8) is 0 Å². The molecule has 0 amide bonds. The second-order valence-corrected chi connectivity index (χ2v) is 3.29. The highest BCUT2D eigenvalue weighted by molar-refractivity contribution is 7.05. The lowest BCUT2D eigenvalue weighted by Gasteiger charge is -2.06. The number of hydrogen-bond donors (Lipinski definition) is 0. The fourth-order valence-electron chi connectivity index (χ4n) is 1.13. The van der Waals surface area contributed by atoms with Gasteiger partial charge in [-0.2, -0.15) is 0 Å². The van der Waals surface area contributed by atoms with E-state index in [9.17, 15) is 0 Å². The van der Waals surface area contributed by atoms with Crippen LogP contribution in [-0.4, -0.2) is 4.37 Å². The van der Waals surface area contributed by atoms with Gasteiger partial charge in [-0.1, -0.05) is 13.8 Å². The summed E-state index contributed by atoms with van der Waals surface area (Å²) in [6.45, 7) is 4.46. The lowest BCUT2D eigenvalue weighted by molar-refractivity contribution is 0.653. The molecule has 0 unspecified atom stereocenters. The molecule has 1 nitrogen and oxygen atoms in total. The first-order valence-electron chi connectivity index (χ1n) is 3.79. The highest BCUT2D eigenvalue weighted by atomic mass is 32.1. The zero-order chi connectivity index (χ0) is 7.40. The lowest BCUT2D eigenvalue weighted by Crippen LogP contribution is -1.90. The summed E-state index contributed by atoms with van der Waals surface area (Å²) >= 11 is 1.63. The van der Waals surface area contributed by atoms with E-state index in [0.29, 0.717) is 0 Å². The van der Waals surface area contributed by atoms with Gasteiger partial charge in [0.2, 0.25) is 0 Å². The maximum Gasteiger partial charge on any atom is 0.0409 e. The molecular weight excluding hydrogens is 142 g/mol. The number of aromatic nitrogens is 1. The molecule has 10 heavy (non-hydrogen) atoms. The molecule has 1 heterocycles. The average molecular weight is 155 g/mol. The van der Waals surface area contributed by atoms with E-state index in [2.05, 4.69) is 24.3 Å². The molecule has 1 rings (SSSR count). The Hall–Kier alpha value is -0.370. The molecule has 0 aliphatic rings. The number of rotatable bonds is 3. The molecular formula is C8H13NS. The van der Waals surface area contributed by atoms with Crippen LogP contribution >= 0.6 is 11.5 Å². The van der Waals surface area contributed by atoms with Gasteiger partial charge in [0, 0.05) is 11.1 Å². The molecule has 0 spiro atoms. The van der Waals surface area contributed by atoms with Gasteiger partial charge in [0.1, 0.15) is 0 Å². The van der Waals surface area contributed by atoms with Crippen LogP contribution in [0.4, 0.5) is 0 Å². The van der Waals surface area contributed by atoms with Gasteiger partial charge in [0.05, 0.1) is 0 Å². The van der Waals surface area contributed by atoms with Crippen molar-refractivity contribution in [3.05, 3.63) is 17.1 Å². The maximum atomic E-state index is 4.08. The molecule has 2 heteroatoms. The van der Waals surface area contributed by atoms with Crippen molar-refractivity contribution < 1.29 is 0 Å². The van der Waals surface area contributed by atoms with Crippen molar-refractivity contribution >= 4 is 11.5 Å². The van der Waals surface area contributed by atoms with Crippen LogP contribution in [-0.2, 0) is 0 Å². The Balaban J connectivity index is 2.64. The Morgan fingerprint density at radius 2 is 2.20 bits per heavy atom. The summed E-state index contributed by atoms with van der Waals surface area (Å²) in [5.41, 5.74) is 0. The van der Waals surface area contributed by atoms with Crippen LogP contribution in [0.15, 0.2) is 12.3 Å². The molecule has 0 bridgehead atoms. The molecule has 1 aromatic rings.